The Labute approximate surface area is 109 Å². The SMILES string of the molecule is CCOCCOCCOCCOCCOCC[O]. The Morgan fingerprint density at radius 2 is 0.889 bits per heavy atom. The van der Waals surface area contributed by atoms with Gasteiger partial charge in [-0.3, -0.25) is 0 Å². The maximum absolute atomic E-state index is 10.0. The van der Waals surface area contributed by atoms with E-state index in [2.05, 4.69) is 0 Å². The third kappa shape index (κ3) is 15.8. The van der Waals surface area contributed by atoms with Gasteiger partial charge in [0.2, 0.25) is 0 Å². The van der Waals surface area contributed by atoms with Crippen LogP contribution in [0.1, 0.15) is 6.92 Å². The van der Waals surface area contributed by atoms with Crippen molar-refractivity contribution in [2.45, 2.75) is 6.92 Å². The summed E-state index contributed by atoms with van der Waals surface area (Å²) in [5, 5.41) is 10.0. The first-order valence-electron chi connectivity index (χ1n) is 6.38. The van der Waals surface area contributed by atoms with Gasteiger partial charge in [-0.15, -0.1) is 0 Å². The predicted molar refractivity (Wildman–Crippen MR) is 65.3 cm³/mol. The van der Waals surface area contributed by atoms with E-state index in [1.807, 2.05) is 6.92 Å². The van der Waals surface area contributed by atoms with Gasteiger partial charge in [0.15, 0.2) is 0 Å². The lowest BCUT2D eigenvalue weighted by atomic mass is 10.7. The highest BCUT2D eigenvalue weighted by atomic mass is 16.6. The van der Waals surface area contributed by atoms with E-state index in [0.29, 0.717) is 52.9 Å². The molecular formula is C12H25O6. The van der Waals surface area contributed by atoms with E-state index in [4.69, 9.17) is 23.7 Å². The maximum atomic E-state index is 10.0. The largest absolute Gasteiger partial charge is 0.379 e. The van der Waals surface area contributed by atoms with Crippen LogP contribution in [-0.4, -0.2) is 72.7 Å². The molecule has 0 aliphatic carbocycles. The first-order valence-corrected chi connectivity index (χ1v) is 6.38. The van der Waals surface area contributed by atoms with E-state index in [1.165, 1.54) is 0 Å². The summed E-state index contributed by atoms with van der Waals surface area (Å²) in [5.41, 5.74) is 0. The van der Waals surface area contributed by atoms with Gasteiger partial charge in [-0.2, -0.15) is 0 Å². The molecule has 0 N–H and O–H groups in total. The van der Waals surface area contributed by atoms with Gasteiger partial charge in [0.05, 0.1) is 59.5 Å². The molecule has 0 atom stereocenters. The first-order chi connectivity index (χ1) is 8.91. The highest BCUT2D eigenvalue weighted by molar-refractivity contribution is 4.35. The van der Waals surface area contributed by atoms with Crippen LogP contribution in [0.2, 0.25) is 0 Å². The molecule has 0 aromatic rings. The molecule has 0 bridgehead atoms. The fraction of sp³-hybridized carbons (Fsp3) is 1.00. The Hall–Kier alpha value is -0.240. The summed E-state index contributed by atoms with van der Waals surface area (Å²) >= 11 is 0. The smallest absolute Gasteiger partial charge is 0.106 e. The van der Waals surface area contributed by atoms with Crippen LogP contribution in [0.15, 0.2) is 0 Å². The summed E-state index contributed by atoms with van der Waals surface area (Å²) in [6.07, 6.45) is 0. The van der Waals surface area contributed by atoms with Crippen LogP contribution in [0.25, 0.3) is 0 Å². The molecule has 0 fully saturated rings. The molecule has 0 rings (SSSR count). The standard InChI is InChI=1S/C12H25O6/c1-2-14-5-6-16-9-10-18-12-11-17-8-7-15-4-3-13/h2-12H2,1H3. The van der Waals surface area contributed by atoms with Gasteiger partial charge in [0.1, 0.15) is 6.61 Å². The Bertz CT molecular complexity index is 129. The van der Waals surface area contributed by atoms with Crippen LogP contribution < -0.4 is 0 Å². The van der Waals surface area contributed by atoms with Crippen molar-refractivity contribution in [3.8, 4) is 0 Å². The molecule has 0 spiro atoms. The molecule has 0 saturated heterocycles. The van der Waals surface area contributed by atoms with Crippen LogP contribution in [0.5, 0.6) is 0 Å². The first kappa shape index (κ1) is 17.8. The quantitative estimate of drug-likeness (QED) is 0.404. The van der Waals surface area contributed by atoms with Crippen LogP contribution in [0.3, 0.4) is 0 Å². The Morgan fingerprint density at radius 1 is 0.556 bits per heavy atom. The lowest BCUT2D eigenvalue weighted by Gasteiger charge is -2.07. The molecule has 18 heavy (non-hydrogen) atoms. The zero-order valence-electron chi connectivity index (χ0n) is 11.2. The fourth-order valence-electron chi connectivity index (χ4n) is 1.08. The van der Waals surface area contributed by atoms with E-state index in [-0.39, 0.29) is 13.2 Å². The Morgan fingerprint density at radius 3 is 1.22 bits per heavy atom. The molecule has 0 aliphatic rings. The van der Waals surface area contributed by atoms with Gasteiger partial charge in [0, 0.05) is 6.61 Å². The number of hydrogen-bond acceptors (Lipinski definition) is 5. The second-order valence-corrected chi connectivity index (χ2v) is 3.35. The van der Waals surface area contributed by atoms with Crippen molar-refractivity contribution < 1.29 is 28.8 Å². The molecule has 0 unspecified atom stereocenters. The monoisotopic (exact) mass is 265 g/mol. The Balaban J connectivity index is 2.86. The lowest BCUT2D eigenvalue weighted by molar-refractivity contribution is -0.0149. The van der Waals surface area contributed by atoms with Gasteiger partial charge < -0.3 is 23.7 Å². The molecule has 0 amide bonds. The van der Waals surface area contributed by atoms with Crippen molar-refractivity contribution in [1.29, 1.82) is 0 Å². The summed E-state index contributed by atoms with van der Waals surface area (Å²) in [6, 6.07) is 0. The molecule has 0 aliphatic heterocycles. The van der Waals surface area contributed by atoms with E-state index in [9.17, 15) is 5.11 Å². The summed E-state index contributed by atoms with van der Waals surface area (Å²) < 4.78 is 25.9. The zero-order valence-corrected chi connectivity index (χ0v) is 11.2. The normalized spacial score (nSPS) is 11.0. The number of rotatable bonds is 15. The van der Waals surface area contributed by atoms with Gasteiger partial charge in [-0.05, 0) is 6.92 Å². The van der Waals surface area contributed by atoms with Crippen LogP contribution in [-0.2, 0) is 28.8 Å². The van der Waals surface area contributed by atoms with Gasteiger partial charge in [-0.25, -0.2) is 5.11 Å². The molecule has 1 radical (unpaired) electrons. The minimum atomic E-state index is -0.202. The topological polar surface area (TPSA) is 66.1 Å². The average Bonchev–Trinajstić information content (AvgIpc) is 2.39. The summed E-state index contributed by atoms with van der Waals surface area (Å²) in [6.45, 7) is 7.10. The summed E-state index contributed by atoms with van der Waals surface area (Å²) in [4.78, 5) is 0. The molecule has 0 saturated carbocycles. The lowest BCUT2D eigenvalue weighted by Crippen LogP contribution is -2.13. The molecule has 6 nitrogen and oxygen atoms in total. The third-order valence-corrected chi connectivity index (χ3v) is 1.92. The molecule has 0 aromatic carbocycles. The van der Waals surface area contributed by atoms with Gasteiger partial charge in [-0.1, -0.05) is 0 Å². The molecule has 0 heterocycles. The fourth-order valence-corrected chi connectivity index (χ4v) is 1.08. The van der Waals surface area contributed by atoms with E-state index >= 15 is 0 Å². The Kier molecular flexibility index (Phi) is 16.5. The molecule has 6 heteroatoms. The van der Waals surface area contributed by atoms with E-state index in [1.54, 1.807) is 0 Å². The molecular weight excluding hydrogens is 240 g/mol. The van der Waals surface area contributed by atoms with E-state index < -0.39 is 0 Å². The van der Waals surface area contributed by atoms with Crippen molar-refractivity contribution in [2.75, 3.05) is 72.7 Å². The second kappa shape index (κ2) is 16.8. The third-order valence-electron chi connectivity index (χ3n) is 1.92. The molecule has 0 aromatic heterocycles. The predicted octanol–water partition coefficient (Wildman–Crippen LogP) is 0.520. The second-order valence-electron chi connectivity index (χ2n) is 3.35. The van der Waals surface area contributed by atoms with Gasteiger partial charge >= 0.3 is 0 Å². The highest BCUT2D eigenvalue weighted by Crippen LogP contribution is 1.83. The van der Waals surface area contributed by atoms with Crippen molar-refractivity contribution >= 4 is 0 Å². The van der Waals surface area contributed by atoms with Crippen LogP contribution >= 0.6 is 0 Å². The zero-order chi connectivity index (χ0) is 13.3. The van der Waals surface area contributed by atoms with Crippen molar-refractivity contribution in [3.05, 3.63) is 0 Å². The van der Waals surface area contributed by atoms with Crippen molar-refractivity contribution in [3.63, 3.8) is 0 Å². The van der Waals surface area contributed by atoms with Crippen molar-refractivity contribution in [1.82, 2.24) is 0 Å². The summed E-state index contributed by atoms with van der Waals surface area (Å²) in [5.74, 6) is 0. The minimum Gasteiger partial charge on any atom is -0.379 e. The summed E-state index contributed by atoms with van der Waals surface area (Å²) in [7, 11) is 0. The van der Waals surface area contributed by atoms with Gasteiger partial charge in [0.25, 0.3) is 0 Å². The average molecular weight is 265 g/mol. The number of ether oxygens (including phenoxy) is 5. The minimum absolute atomic E-state index is 0.202. The van der Waals surface area contributed by atoms with Crippen LogP contribution in [0, 0.1) is 0 Å². The molecule has 109 valence electrons. The number of hydrogen-bond donors (Lipinski definition) is 0. The van der Waals surface area contributed by atoms with Crippen molar-refractivity contribution in [2.24, 2.45) is 0 Å². The highest BCUT2D eigenvalue weighted by Gasteiger charge is 1.92. The van der Waals surface area contributed by atoms with E-state index in [0.717, 1.165) is 6.61 Å². The maximum Gasteiger partial charge on any atom is 0.106 e. The van der Waals surface area contributed by atoms with Crippen LogP contribution in [0.4, 0.5) is 0 Å².